The van der Waals surface area contributed by atoms with Crippen molar-refractivity contribution >= 4 is 0 Å². The predicted octanol–water partition coefficient (Wildman–Crippen LogP) is 2.40. The molecule has 80 valence electrons. The molecule has 1 aromatic rings. The van der Waals surface area contributed by atoms with E-state index in [0.29, 0.717) is 6.61 Å². The van der Waals surface area contributed by atoms with Crippen LogP contribution in [0.5, 0.6) is 5.75 Å². The van der Waals surface area contributed by atoms with Crippen molar-refractivity contribution in [2.75, 3.05) is 19.7 Å². The Labute approximate surface area is 91.3 Å². The quantitative estimate of drug-likeness (QED) is 0.542. The second-order valence-electron chi connectivity index (χ2n) is 3.04. The van der Waals surface area contributed by atoms with Crippen LogP contribution in [-0.4, -0.2) is 19.7 Å². The van der Waals surface area contributed by atoms with Crippen molar-refractivity contribution in [1.29, 1.82) is 0 Å². The summed E-state index contributed by atoms with van der Waals surface area (Å²) in [7, 11) is 0. The van der Waals surface area contributed by atoms with Crippen LogP contribution in [0.2, 0.25) is 0 Å². The molecule has 0 aliphatic heterocycles. The molecule has 0 amide bonds. The Hall–Kier alpha value is -1.54. The van der Waals surface area contributed by atoms with E-state index >= 15 is 0 Å². The zero-order valence-corrected chi connectivity index (χ0v) is 8.86. The van der Waals surface area contributed by atoms with Gasteiger partial charge in [-0.05, 0) is 12.1 Å². The summed E-state index contributed by atoms with van der Waals surface area (Å²) < 4.78 is 5.48. The van der Waals surface area contributed by atoms with Crippen molar-refractivity contribution in [2.45, 2.75) is 0 Å². The number of rotatable bonds is 7. The Kier molecular flexibility index (Phi) is 6.02. The Morgan fingerprint density at radius 1 is 1.13 bits per heavy atom. The third-order valence-electron chi connectivity index (χ3n) is 1.81. The van der Waals surface area contributed by atoms with Gasteiger partial charge in [0.1, 0.15) is 12.4 Å². The maximum atomic E-state index is 5.48. The van der Waals surface area contributed by atoms with Gasteiger partial charge in [-0.25, -0.2) is 0 Å². The maximum Gasteiger partial charge on any atom is 0.119 e. The first-order chi connectivity index (χ1) is 7.43. The van der Waals surface area contributed by atoms with Crippen molar-refractivity contribution in [3.63, 3.8) is 0 Å². The Bertz CT molecular complexity index is 293. The fraction of sp³-hybridized carbons (Fsp3) is 0.231. The minimum atomic E-state index is 0.611. The lowest BCUT2D eigenvalue weighted by Crippen LogP contribution is -2.12. The van der Waals surface area contributed by atoms with E-state index in [1.54, 1.807) is 0 Å². The topological polar surface area (TPSA) is 21.3 Å². The molecular formula is C13H17NO. The molecule has 0 heterocycles. The molecule has 0 unspecified atom stereocenters. The van der Waals surface area contributed by atoms with E-state index in [0.717, 1.165) is 18.8 Å². The molecule has 15 heavy (non-hydrogen) atoms. The summed E-state index contributed by atoms with van der Waals surface area (Å²) in [5, 5.41) is 3.17. The summed E-state index contributed by atoms with van der Waals surface area (Å²) in [6.07, 6.45) is 5.89. The maximum absolute atomic E-state index is 5.48. The summed E-state index contributed by atoms with van der Waals surface area (Å²) >= 11 is 0. The first-order valence-corrected chi connectivity index (χ1v) is 5.08. The van der Waals surface area contributed by atoms with Crippen LogP contribution in [-0.2, 0) is 0 Å². The van der Waals surface area contributed by atoms with Gasteiger partial charge >= 0.3 is 0 Å². The largest absolute Gasteiger partial charge is 0.490 e. The van der Waals surface area contributed by atoms with Crippen LogP contribution in [0, 0.1) is 0 Å². The molecule has 1 aromatic carbocycles. The number of benzene rings is 1. The van der Waals surface area contributed by atoms with E-state index in [-0.39, 0.29) is 0 Å². The van der Waals surface area contributed by atoms with Crippen LogP contribution in [0.25, 0.3) is 0 Å². The van der Waals surface area contributed by atoms with Crippen LogP contribution in [0.1, 0.15) is 0 Å². The smallest absolute Gasteiger partial charge is 0.119 e. The highest BCUT2D eigenvalue weighted by Gasteiger charge is 1.86. The Morgan fingerprint density at radius 3 is 2.67 bits per heavy atom. The number of hydrogen-bond acceptors (Lipinski definition) is 2. The molecule has 0 radical (unpaired) electrons. The Balaban J connectivity index is 2.08. The first kappa shape index (κ1) is 11.5. The van der Waals surface area contributed by atoms with E-state index in [9.17, 15) is 0 Å². The monoisotopic (exact) mass is 203 g/mol. The molecule has 0 atom stereocenters. The number of ether oxygens (including phenoxy) is 1. The van der Waals surface area contributed by atoms with Gasteiger partial charge in [-0.3, -0.25) is 0 Å². The van der Waals surface area contributed by atoms with Crippen LogP contribution in [0.4, 0.5) is 0 Å². The highest BCUT2D eigenvalue weighted by Crippen LogP contribution is 2.07. The van der Waals surface area contributed by atoms with Gasteiger partial charge in [0, 0.05) is 13.1 Å². The summed E-state index contributed by atoms with van der Waals surface area (Å²) in [6, 6.07) is 9.80. The summed E-state index contributed by atoms with van der Waals surface area (Å²) in [6.45, 7) is 5.92. The van der Waals surface area contributed by atoms with Crippen molar-refractivity contribution < 1.29 is 4.74 Å². The average Bonchev–Trinajstić information content (AvgIpc) is 2.29. The van der Waals surface area contributed by atoms with E-state index in [2.05, 4.69) is 11.9 Å². The lowest BCUT2D eigenvalue weighted by atomic mass is 10.3. The lowest BCUT2D eigenvalue weighted by molar-refractivity contribution is 0.362. The number of nitrogens with one attached hydrogen (secondary N) is 1. The average molecular weight is 203 g/mol. The van der Waals surface area contributed by atoms with Crippen LogP contribution in [0.15, 0.2) is 55.1 Å². The lowest BCUT2D eigenvalue weighted by Gasteiger charge is -2.01. The molecule has 1 N–H and O–H groups in total. The minimum Gasteiger partial charge on any atom is -0.490 e. The fourth-order valence-corrected chi connectivity index (χ4v) is 1.08. The van der Waals surface area contributed by atoms with Gasteiger partial charge in [0.05, 0.1) is 0 Å². The molecular weight excluding hydrogens is 186 g/mol. The molecule has 0 fully saturated rings. The van der Waals surface area contributed by atoms with Gasteiger partial charge in [0.15, 0.2) is 0 Å². The van der Waals surface area contributed by atoms with Crippen molar-refractivity contribution in [2.24, 2.45) is 0 Å². The van der Waals surface area contributed by atoms with Gasteiger partial charge in [-0.2, -0.15) is 0 Å². The molecule has 0 aromatic heterocycles. The molecule has 0 saturated carbocycles. The van der Waals surface area contributed by atoms with Gasteiger partial charge < -0.3 is 10.1 Å². The molecule has 1 rings (SSSR count). The zero-order chi connectivity index (χ0) is 10.8. The molecule has 0 spiro atoms. The van der Waals surface area contributed by atoms with Crippen LogP contribution in [0.3, 0.4) is 0 Å². The molecule has 2 nitrogen and oxygen atoms in total. The fourth-order valence-electron chi connectivity index (χ4n) is 1.08. The third-order valence-corrected chi connectivity index (χ3v) is 1.81. The first-order valence-electron chi connectivity index (χ1n) is 5.08. The zero-order valence-electron chi connectivity index (χ0n) is 8.86. The molecule has 2 heteroatoms. The summed E-state index contributed by atoms with van der Waals surface area (Å²) in [5.41, 5.74) is 0. The van der Waals surface area contributed by atoms with E-state index in [1.165, 1.54) is 0 Å². The highest BCUT2D eigenvalue weighted by molar-refractivity contribution is 5.21. The van der Waals surface area contributed by atoms with Crippen molar-refractivity contribution in [1.82, 2.24) is 5.32 Å². The minimum absolute atomic E-state index is 0.611. The van der Waals surface area contributed by atoms with Crippen LogP contribution < -0.4 is 10.1 Å². The molecule has 0 bridgehead atoms. The molecule has 0 saturated heterocycles. The van der Waals surface area contributed by atoms with Gasteiger partial charge in [-0.1, -0.05) is 36.4 Å². The van der Waals surface area contributed by atoms with Crippen LogP contribution >= 0.6 is 0 Å². The van der Waals surface area contributed by atoms with Gasteiger partial charge in [-0.15, -0.1) is 6.58 Å². The normalized spacial score (nSPS) is 10.4. The second-order valence-corrected chi connectivity index (χ2v) is 3.04. The van der Waals surface area contributed by atoms with Gasteiger partial charge in [0.25, 0.3) is 0 Å². The SMILES string of the molecule is C=CCNC/C=C/COc1ccccc1. The van der Waals surface area contributed by atoms with E-state index in [1.807, 2.05) is 48.6 Å². The van der Waals surface area contributed by atoms with Crippen molar-refractivity contribution in [3.8, 4) is 5.75 Å². The molecule has 0 aliphatic rings. The summed E-state index contributed by atoms with van der Waals surface area (Å²) in [5.74, 6) is 0.904. The predicted molar refractivity (Wildman–Crippen MR) is 64.1 cm³/mol. The highest BCUT2D eigenvalue weighted by atomic mass is 16.5. The Morgan fingerprint density at radius 2 is 1.93 bits per heavy atom. The van der Waals surface area contributed by atoms with E-state index in [4.69, 9.17) is 4.74 Å². The standard InChI is InChI=1S/C13H17NO/c1-2-10-14-11-6-7-12-15-13-8-4-3-5-9-13/h2-9,14H,1,10-12H2/b7-6+. The third kappa shape index (κ3) is 5.70. The second kappa shape index (κ2) is 7.83. The molecule has 0 aliphatic carbocycles. The number of hydrogen-bond donors (Lipinski definition) is 1. The number of para-hydroxylation sites is 1. The van der Waals surface area contributed by atoms with Crippen molar-refractivity contribution in [3.05, 3.63) is 55.1 Å². The van der Waals surface area contributed by atoms with Gasteiger partial charge in [0.2, 0.25) is 0 Å². The van der Waals surface area contributed by atoms with E-state index < -0.39 is 0 Å². The summed E-state index contributed by atoms with van der Waals surface area (Å²) in [4.78, 5) is 0.